The Labute approximate surface area is 199 Å². The van der Waals surface area contributed by atoms with Gasteiger partial charge in [-0.25, -0.2) is 9.59 Å². The Morgan fingerprint density at radius 3 is 2.21 bits per heavy atom. The zero-order chi connectivity index (χ0) is 25.0. The highest BCUT2D eigenvalue weighted by molar-refractivity contribution is 6.29. The molecule has 2 heterocycles. The quantitative estimate of drug-likeness (QED) is 0.351. The number of likely N-dealkylation sites (N-methyl/N-ethyl adjacent to an activating group) is 2. The Morgan fingerprint density at radius 1 is 0.971 bits per heavy atom. The van der Waals surface area contributed by atoms with E-state index in [0.717, 1.165) is 30.6 Å². The van der Waals surface area contributed by atoms with Crippen molar-refractivity contribution in [2.24, 2.45) is 16.9 Å². The van der Waals surface area contributed by atoms with Crippen LogP contribution in [-0.2, 0) is 14.4 Å². The van der Waals surface area contributed by atoms with Crippen molar-refractivity contribution in [3.63, 3.8) is 0 Å². The average molecular weight is 475 g/mol. The lowest BCUT2D eigenvalue weighted by Gasteiger charge is -2.55. The second-order valence-electron chi connectivity index (χ2n) is 10.3. The lowest BCUT2D eigenvalue weighted by Crippen LogP contribution is -2.62. The van der Waals surface area contributed by atoms with Gasteiger partial charge in [0.05, 0.1) is 0 Å². The van der Waals surface area contributed by atoms with Crippen LogP contribution in [0.25, 0.3) is 0 Å². The molecule has 0 aromatic carbocycles. The van der Waals surface area contributed by atoms with Gasteiger partial charge in [0.1, 0.15) is 16.9 Å². The summed E-state index contributed by atoms with van der Waals surface area (Å²) >= 11 is 0. The van der Waals surface area contributed by atoms with Crippen LogP contribution in [0, 0.1) is 5.41 Å². The van der Waals surface area contributed by atoms with Gasteiger partial charge in [0.2, 0.25) is 0 Å². The number of amides is 7. The highest BCUT2D eigenvalue weighted by Crippen LogP contribution is 2.60. The first-order chi connectivity index (χ1) is 16.0. The fraction of sp³-hybridized carbons (Fsp3) is 0.696. The highest BCUT2D eigenvalue weighted by atomic mass is 16.2. The van der Waals surface area contributed by atoms with E-state index in [0.29, 0.717) is 32.1 Å². The third kappa shape index (κ3) is 3.35. The zero-order valence-corrected chi connectivity index (χ0v) is 20.1. The molecule has 2 aliphatic heterocycles. The summed E-state index contributed by atoms with van der Waals surface area (Å²) in [6, 6.07) is -1.28. The molecule has 0 aromatic rings. The molecular formula is C23H34N6O5. The molecule has 186 valence electrons. The molecule has 0 bridgehead atoms. The van der Waals surface area contributed by atoms with Gasteiger partial charge in [0, 0.05) is 26.7 Å². The fourth-order valence-corrected chi connectivity index (χ4v) is 6.33. The first-order valence-corrected chi connectivity index (χ1v) is 12.0. The van der Waals surface area contributed by atoms with Gasteiger partial charge in [-0.2, -0.15) is 0 Å². The van der Waals surface area contributed by atoms with E-state index in [2.05, 4.69) is 0 Å². The molecule has 1 atom stereocenters. The van der Waals surface area contributed by atoms with E-state index in [1.165, 1.54) is 16.8 Å². The van der Waals surface area contributed by atoms with E-state index in [1.807, 2.05) is 6.92 Å². The summed E-state index contributed by atoms with van der Waals surface area (Å²) < 4.78 is 0. The van der Waals surface area contributed by atoms with Crippen molar-refractivity contribution in [2.75, 3.05) is 20.6 Å². The Kier molecular flexibility index (Phi) is 5.85. The molecular weight excluding hydrogens is 440 g/mol. The number of carbonyl (C=O) groups excluding carboxylic acids is 5. The molecule has 4 fully saturated rings. The zero-order valence-electron chi connectivity index (χ0n) is 20.1. The molecule has 11 heteroatoms. The van der Waals surface area contributed by atoms with Gasteiger partial charge < -0.3 is 16.4 Å². The molecule has 0 aromatic heterocycles. The van der Waals surface area contributed by atoms with Gasteiger partial charge in [-0.3, -0.25) is 29.1 Å². The molecule has 4 aliphatic rings. The number of hydrogen-bond donors (Lipinski definition) is 2. The van der Waals surface area contributed by atoms with Gasteiger partial charge in [0.15, 0.2) is 0 Å². The van der Waals surface area contributed by atoms with Gasteiger partial charge in [-0.1, -0.05) is 19.8 Å². The Morgan fingerprint density at radius 2 is 1.65 bits per heavy atom. The minimum atomic E-state index is -0.782. The first-order valence-electron chi connectivity index (χ1n) is 12.0. The van der Waals surface area contributed by atoms with Crippen LogP contribution in [0.3, 0.4) is 0 Å². The summed E-state index contributed by atoms with van der Waals surface area (Å²) in [6.45, 7) is 2.15. The van der Waals surface area contributed by atoms with Gasteiger partial charge in [0.25, 0.3) is 17.7 Å². The van der Waals surface area contributed by atoms with Crippen molar-refractivity contribution < 1.29 is 24.0 Å². The van der Waals surface area contributed by atoms with Crippen molar-refractivity contribution in [3.05, 3.63) is 11.4 Å². The summed E-state index contributed by atoms with van der Waals surface area (Å²) in [6.07, 6.45) is 6.05. The second-order valence-corrected chi connectivity index (χ2v) is 10.3. The predicted octanol–water partition coefficient (Wildman–Crippen LogP) is 1.08. The third-order valence-corrected chi connectivity index (χ3v) is 8.22. The van der Waals surface area contributed by atoms with Crippen LogP contribution in [0.1, 0.15) is 64.7 Å². The largest absolute Gasteiger partial charge is 0.385 e. The SMILES string of the molecule is CCCCN1C(=O)C(=C(N)N)C(=O)N(C2CCCC3(CC2)CC2(C3)C(=O)N(C)C(=O)N2C)C1=O. The average Bonchev–Trinajstić information content (AvgIpc) is 2.92. The number of imide groups is 3. The number of nitrogens with two attached hydrogens (primary N) is 2. The molecule has 4 rings (SSSR count). The lowest BCUT2D eigenvalue weighted by molar-refractivity contribution is -0.146. The Balaban J connectivity index is 1.53. The lowest BCUT2D eigenvalue weighted by atomic mass is 9.53. The van der Waals surface area contributed by atoms with Crippen LogP contribution in [0.4, 0.5) is 9.59 Å². The molecule has 4 N–H and O–H groups in total. The van der Waals surface area contributed by atoms with Gasteiger partial charge >= 0.3 is 12.1 Å². The van der Waals surface area contributed by atoms with E-state index in [9.17, 15) is 24.0 Å². The minimum Gasteiger partial charge on any atom is -0.385 e. The summed E-state index contributed by atoms with van der Waals surface area (Å²) in [5, 5.41) is 0. The number of unbranched alkanes of at least 4 members (excludes halogenated alkanes) is 1. The van der Waals surface area contributed by atoms with E-state index in [4.69, 9.17) is 11.5 Å². The first kappa shape index (κ1) is 24.0. The van der Waals surface area contributed by atoms with E-state index in [-0.39, 0.29) is 41.3 Å². The predicted molar refractivity (Wildman–Crippen MR) is 121 cm³/mol. The number of hydrogen-bond acceptors (Lipinski definition) is 7. The Bertz CT molecular complexity index is 980. The van der Waals surface area contributed by atoms with Crippen LogP contribution in [0.2, 0.25) is 0 Å². The van der Waals surface area contributed by atoms with Crippen molar-refractivity contribution >= 4 is 29.8 Å². The molecule has 7 amide bonds. The standard InChI is InChI=1S/C23H34N6O5/c1-4-5-11-28-17(30)15(16(24)25)18(31)29(21(28)34)14-7-6-9-22(10-8-14)12-23(13-22)19(32)26(2)20(33)27(23)3/h14H,4-13,24-25H2,1-3H3. The normalized spacial score (nSPS) is 32.3. The van der Waals surface area contributed by atoms with Crippen molar-refractivity contribution in [2.45, 2.75) is 76.3 Å². The minimum absolute atomic E-state index is 0.116. The summed E-state index contributed by atoms with van der Waals surface area (Å²) in [5.41, 5.74) is 10.1. The molecule has 2 aliphatic carbocycles. The van der Waals surface area contributed by atoms with Crippen LogP contribution in [0.5, 0.6) is 0 Å². The molecule has 1 unspecified atom stereocenters. The molecule has 34 heavy (non-hydrogen) atoms. The maximum atomic E-state index is 13.3. The number of barbiturate groups is 1. The molecule has 2 saturated carbocycles. The number of rotatable bonds is 4. The molecule has 2 saturated heterocycles. The number of nitrogens with zero attached hydrogens (tertiary/aromatic N) is 4. The third-order valence-electron chi connectivity index (χ3n) is 8.22. The summed E-state index contributed by atoms with van der Waals surface area (Å²) in [7, 11) is 3.19. The number of urea groups is 2. The fourth-order valence-electron chi connectivity index (χ4n) is 6.33. The molecule has 2 spiro atoms. The highest BCUT2D eigenvalue weighted by Gasteiger charge is 2.66. The van der Waals surface area contributed by atoms with Crippen LogP contribution in [0.15, 0.2) is 11.4 Å². The van der Waals surface area contributed by atoms with E-state index >= 15 is 0 Å². The maximum absolute atomic E-state index is 13.3. The monoisotopic (exact) mass is 474 g/mol. The van der Waals surface area contributed by atoms with Crippen molar-refractivity contribution in [1.29, 1.82) is 0 Å². The molecule has 11 nitrogen and oxygen atoms in total. The van der Waals surface area contributed by atoms with E-state index < -0.39 is 23.4 Å². The smallest absolute Gasteiger partial charge is 0.334 e. The summed E-state index contributed by atoms with van der Waals surface area (Å²) in [4.78, 5) is 69.3. The summed E-state index contributed by atoms with van der Waals surface area (Å²) in [5.74, 6) is -2.00. The van der Waals surface area contributed by atoms with Crippen LogP contribution >= 0.6 is 0 Å². The van der Waals surface area contributed by atoms with Crippen LogP contribution < -0.4 is 11.5 Å². The second kappa shape index (κ2) is 8.28. The topological polar surface area (TPSA) is 150 Å². The Hall–Kier alpha value is -3.11. The van der Waals surface area contributed by atoms with Gasteiger partial charge in [-0.15, -0.1) is 0 Å². The van der Waals surface area contributed by atoms with Crippen molar-refractivity contribution in [3.8, 4) is 0 Å². The van der Waals surface area contributed by atoms with Crippen LogP contribution in [-0.4, -0.2) is 81.6 Å². The van der Waals surface area contributed by atoms with Crippen molar-refractivity contribution in [1.82, 2.24) is 19.6 Å². The number of carbonyl (C=O) groups is 5. The maximum Gasteiger partial charge on any atom is 0.334 e. The van der Waals surface area contributed by atoms with E-state index in [1.54, 1.807) is 11.9 Å². The molecule has 0 radical (unpaired) electrons. The van der Waals surface area contributed by atoms with Gasteiger partial charge in [-0.05, 0) is 50.4 Å².